The number of benzene rings is 2. The molecule has 1 fully saturated rings. The predicted molar refractivity (Wildman–Crippen MR) is 111 cm³/mol. The highest BCUT2D eigenvalue weighted by Crippen LogP contribution is 2.38. The normalized spacial score (nSPS) is 19.3. The van der Waals surface area contributed by atoms with Gasteiger partial charge in [0.15, 0.2) is 0 Å². The van der Waals surface area contributed by atoms with Gasteiger partial charge in [-0.3, -0.25) is 0 Å². The van der Waals surface area contributed by atoms with Crippen LogP contribution >= 0.6 is 0 Å². The van der Waals surface area contributed by atoms with Crippen LogP contribution in [0.4, 0.5) is 11.4 Å². The molecule has 138 valence electrons. The number of piperidine rings is 1. The number of aryl methyl sites for hydroxylation is 1. The van der Waals surface area contributed by atoms with Crippen LogP contribution in [0.15, 0.2) is 54.6 Å². The van der Waals surface area contributed by atoms with Gasteiger partial charge >= 0.3 is 0 Å². The van der Waals surface area contributed by atoms with Gasteiger partial charge in [-0.05, 0) is 55.5 Å². The second-order valence-electron chi connectivity index (χ2n) is 7.97. The van der Waals surface area contributed by atoms with Crippen molar-refractivity contribution in [1.29, 1.82) is 0 Å². The Morgan fingerprint density at radius 2 is 1.74 bits per heavy atom. The third-order valence-electron chi connectivity index (χ3n) is 5.96. The number of hydrogen-bond donors (Lipinski definition) is 1. The van der Waals surface area contributed by atoms with Crippen LogP contribution in [0.25, 0.3) is 11.3 Å². The van der Waals surface area contributed by atoms with Crippen molar-refractivity contribution in [2.45, 2.75) is 32.9 Å². The molecule has 1 unspecified atom stereocenters. The molecule has 5 rings (SSSR count). The van der Waals surface area contributed by atoms with Crippen molar-refractivity contribution < 1.29 is 0 Å². The number of hydrogen-bond acceptors (Lipinski definition) is 3. The summed E-state index contributed by atoms with van der Waals surface area (Å²) in [6.45, 7) is 6.75. The van der Waals surface area contributed by atoms with E-state index in [9.17, 15) is 0 Å². The van der Waals surface area contributed by atoms with E-state index in [4.69, 9.17) is 5.10 Å². The molecular weight excluding hydrogens is 332 g/mol. The van der Waals surface area contributed by atoms with Gasteiger partial charge in [0.2, 0.25) is 0 Å². The largest absolute Gasteiger partial charge is 0.372 e. The second kappa shape index (κ2) is 6.45. The molecule has 1 atom stereocenters. The zero-order valence-electron chi connectivity index (χ0n) is 16.0. The number of anilines is 2. The average molecular weight is 358 g/mol. The van der Waals surface area contributed by atoms with Crippen LogP contribution in [-0.4, -0.2) is 22.9 Å². The molecule has 2 aliphatic rings. The van der Waals surface area contributed by atoms with E-state index in [1.807, 2.05) is 0 Å². The van der Waals surface area contributed by atoms with Crippen LogP contribution < -0.4 is 10.2 Å². The van der Waals surface area contributed by atoms with Gasteiger partial charge in [-0.15, -0.1) is 0 Å². The number of rotatable bonds is 2. The zero-order valence-corrected chi connectivity index (χ0v) is 16.0. The lowest BCUT2D eigenvalue weighted by Gasteiger charge is -2.33. The van der Waals surface area contributed by atoms with E-state index in [-0.39, 0.29) is 6.17 Å². The Kier molecular flexibility index (Phi) is 3.92. The summed E-state index contributed by atoms with van der Waals surface area (Å²) in [5.74, 6) is 0.855. The van der Waals surface area contributed by atoms with Crippen molar-refractivity contribution in [3.8, 4) is 11.3 Å². The molecule has 27 heavy (non-hydrogen) atoms. The highest BCUT2D eigenvalue weighted by atomic mass is 15.4. The van der Waals surface area contributed by atoms with Crippen molar-refractivity contribution in [3.05, 3.63) is 65.9 Å². The van der Waals surface area contributed by atoms with Gasteiger partial charge in [0.1, 0.15) is 6.17 Å². The lowest BCUT2D eigenvalue weighted by atomic mass is 9.98. The molecule has 0 aliphatic carbocycles. The molecule has 3 heterocycles. The summed E-state index contributed by atoms with van der Waals surface area (Å²) in [4.78, 5) is 2.51. The predicted octanol–water partition coefficient (Wildman–Crippen LogP) is 5.07. The van der Waals surface area contributed by atoms with Crippen LogP contribution in [0.3, 0.4) is 0 Å². The summed E-state index contributed by atoms with van der Waals surface area (Å²) in [6, 6.07) is 19.7. The van der Waals surface area contributed by atoms with Crippen molar-refractivity contribution in [1.82, 2.24) is 9.78 Å². The van der Waals surface area contributed by atoms with Crippen LogP contribution in [0.2, 0.25) is 0 Å². The Bertz CT molecular complexity index is 949. The highest BCUT2D eigenvalue weighted by Gasteiger charge is 2.26. The third kappa shape index (κ3) is 2.89. The average Bonchev–Trinajstić information content (AvgIpc) is 3.10. The van der Waals surface area contributed by atoms with E-state index in [1.54, 1.807) is 0 Å². The molecule has 1 aromatic heterocycles. The summed E-state index contributed by atoms with van der Waals surface area (Å²) in [5.41, 5.74) is 7.19. The van der Waals surface area contributed by atoms with E-state index in [0.29, 0.717) is 0 Å². The summed E-state index contributed by atoms with van der Waals surface area (Å²) in [5, 5.41) is 8.45. The fourth-order valence-electron chi connectivity index (χ4n) is 4.31. The molecule has 0 saturated carbocycles. The van der Waals surface area contributed by atoms with Crippen molar-refractivity contribution in [3.63, 3.8) is 0 Å². The molecular formula is C23H26N4. The van der Waals surface area contributed by atoms with E-state index >= 15 is 0 Å². The Labute approximate surface area is 160 Å². The minimum atomic E-state index is 0.0269. The zero-order chi connectivity index (χ0) is 18.4. The molecule has 0 amide bonds. The molecule has 3 aromatic rings. The molecule has 1 N–H and O–H groups in total. The van der Waals surface area contributed by atoms with Gasteiger partial charge in [-0.2, -0.15) is 5.10 Å². The number of aromatic nitrogens is 2. The minimum Gasteiger partial charge on any atom is -0.372 e. The molecule has 0 radical (unpaired) electrons. The summed E-state index contributed by atoms with van der Waals surface area (Å²) >= 11 is 0. The van der Waals surface area contributed by atoms with E-state index < -0.39 is 0 Å². The maximum Gasteiger partial charge on any atom is 0.147 e. The van der Waals surface area contributed by atoms with Gasteiger partial charge in [-0.25, -0.2) is 4.68 Å². The number of nitrogens with zero attached hydrogens (tertiary/aromatic N) is 3. The van der Waals surface area contributed by atoms with Crippen molar-refractivity contribution >= 4 is 11.4 Å². The van der Waals surface area contributed by atoms with Crippen LogP contribution in [0.1, 0.15) is 37.2 Å². The Morgan fingerprint density at radius 3 is 2.52 bits per heavy atom. The third-order valence-corrected chi connectivity index (χ3v) is 5.96. The Morgan fingerprint density at radius 1 is 1.00 bits per heavy atom. The SMILES string of the molecule is Cc1cc2n(n1)C(c1ccc(N3CCC(C)CC3)cc1)Nc1ccccc1-2. The smallest absolute Gasteiger partial charge is 0.147 e. The lowest BCUT2D eigenvalue weighted by molar-refractivity contribution is 0.438. The van der Waals surface area contributed by atoms with Gasteiger partial charge in [0.05, 0.1) is 11.4 Å². The first kappa shape index (κ1) is 16.4. The summed E-state index contributed by atoms with van der Waals surface area (Å²) in [6.07, 6.45) is 2.61. The first-order chi connectivity index (χ1) is 13.2. The van der Waals surface area contributed by atoms with Crippen LogP contribution in [0, 0.1) is 12.8 Å². The van der Waals surface area contributed by atoms with E-state index in [2.05, 4.69) is 83.3 Å². The topological polar surface area (TPSA) is 33.1 Å². The number of fused-ring (bicyclic) bond motifs is 3. The Balaban J connectivity index is 1.46. The summed E-state index contributed by atoms with van der Waals surface area (Å²) in [7, 11) is 0. The molecule has 0 bridgehead atoms. The number of para-hydroxylation sites is 1. The lowest BCUT2D eigenvalue weighted by Crippen LogP contribution is -2.32. The molecule has 2 aromatic carbocycles. The monoisotopic (exact) mass is 358 g/mol. The fraction of sp³-hybridized carbons (Fsp3) is 0.348. The molecule has 4 heteroatoms. The highest BCUT2D eigenvalue weighted by molar-refractivity contribution is 5.78. The minimum absolute atomic E-state index is 0.0269. The fourth-order valence-corrected chi connectivity index (χ4v) is 4.31. The first-order valence-electron chi connectivity index (χ1n) is 9.96. The molecule has 1 saturated heterocycles. The van der Waals surface area contributed by atoms with Gasteiger partial charge < -0.3 is 10.2 Å². The summed E-state index contributed by atoms with van der Waals surface area (Å²) < 4.78 is 2.12. The van der Waals surface area contributed by atoms with E-state index in [0.717, 1.165) is 24.7 Å². The van der Waals surface area contributed by atoms with Crippen molar-refractivity contribution in [2.75, 3.05) is 23.3 Å². The maximum atomic E-state index is 4.77. The van der Waals surface area contributed by atoms with Crippen LogP contribution in [-0.2, 0) is 0 Å². The van der Waals surface area contributed by atoms with Crippen molar-refractivity contribution in [2.24, 2.45) is 5.92 Å². The Hall–Kier alpha value is -2.75. The van der Waals surface area contributed by atoms with Crippen LogP contribution in [0.5, 0.6) is 0 Å². The standard InChI is InChI=1S/C23H26N4/c1-16-11-13-26(14-12-16)19-9-7-18(8-10-19)23-24-21-6-4-3-5-20(21)22-15-17(2)25-27(22)23/h3-10,15-16,23-24H,11-14H2,1-2H3. The first-order valence-corrected chi connectivity index (χ1v) is 9.96. The quantitative estimate of drug-likeness (QED) is 0.694. The van der Waals surface area contributed by atoms with Gasteiger partial charge in [-0.1, -0.05) is 37.3 Å². The second-order valence-corrected chi connectivity index (χ2v) is 7.97. The molecule has 4 nitrogen and oxygen atoms in total. The van der Waals surface area contributed by atoms with Gasteiger partial charge in [0, 0.05) is 30.0 Å². The van der Waals surface area contributed by atoms with E-state index in [1.165, 1.54) is 41.0 Å². The van der Waals surface area contributed by atoms with Gasteiger partial charge in [0.25, 0.3) is 0 Å². The maximum absolute atomic E-state index is 4.77. The molecule has 2 aliphatic heterocycles. The molecule has 0 spiro atoms. The number of nitrogens with one attached hydrogen (secondary N) is 1.